The van der Waals surface area contributed by atoms with E-state index in [-0.39, 0.29) is 58.3 Å². The molecule has 0 aromatic heterocycles. The zero-order chi connectivity index (χ0) is 64.5. The Hall–Kier alpha value is -7.63. The molecule has 0 saturated heterocycles. The molecule has 0 aliphatic carbocycles. The number of carboxylic acid groups (broad SMARTS) is 1. The highest BCUT2D eigenvalue weighted by atomic mass is 32.2. The Morgan fingerprint density at radius 1 is 0.477 bits per heavy atom. The molecule has 0 bridgehead atoms. The zero-order valence-electron chi connectivity index (χ0n) is 52.6. The molecule has 0 spiro atoms. The number of aromatic hydroxyl groups is 2. The van der Waals surface area contributed by atoms with Crippen molar-refractivity contribution in [2.24, 2.45) is 0 Å². The number of nitrogens with one attached hydrogen (secondary N) is 2. The Bertz CT molecular complexity index is 4060. The highest BCUT2D eigenvalue weighted by Crippen LogP contribution is 2.44. The number of phenolic OH excluding ortho intramolecular Hbond substituents is 2. The summed E-state index contributed by atoms with van der Waals surface area (Å²) in [6.45, 7) is 35.3. The Balaban J connectivity index is 1.29. The largest absolute Gasteiger partial charge is 0.507 e. The minimum atomic E-state index is -5.22. The van der Waals surface area contributed by atoms with E-state index in [2.05, 4.69) is 10.6 Å². The molecule has 0 radical (unpaired) electrons. The van der Waals surface area contributed by atoms with Gasteiger partial charge in [-0.05, 0) is 185 Å². The van der Waals surface area contributed by atoms with Gasteiger partial charge in [-0.3, -0.25) is 18.7 Å². The van der Waals surface area contributed by atoms with Crippen LogP contribution in [0.3, 0.4) is 0 Å². The average Bonchev–Trinajstić information content (AvgIpc) is 0.876. The van der Waals surface area contributed by atoms with Gasteiger partial charge in [0.1, 0.15) is 11.5 Å². The number of Topliss-reactive ketones (excluding diaryl/α,β-unsaturated/α-hetero) is 2. The lowest BCUT2D eigenvalue weighted by Crippen LogP contribution is -2.19. The summed E-state index contributed by atoms with van der Waals surface area (Å²) < 4.78 is 72.0. The summed E-state index contributed by atoms with van der Waals surface area (Å²) in [7, 11) is -10.2. The number of carbonyl (C=O) groups is 3. The van der Waals surface area contributed by atoms with Crippen LogP contribution in [0, 0.1) is 41.5 Å². The molecule has 1 unspecified atom stereocenters. The molecule has 0 heterocycles. The molecule has 0 aliphatic heterocycles. The summed E-state index contributed by atoms with van der Waals surface area (Å²) in [4.78, 5) is 40.5. The quantitative estimate of drug-likeness (QED) is 0.0270. The highest BCUT2D eigenvalue weighted by Gasteiger charge is 2.33. The summed E-state index contributed by atoms with van der Waals surface area (Å²) in [5, 5.41) is 40.6. The molecular weight excluding hydrogens is 1120 g/mol. The summed E-state index contributed by atoms with van der Waals surface area (Å²) >= 11 is 0. The molecular formula is C70H82N2O12S2. The van der Waals surface area contributed by atoms with Crippen molar-refractivity contribution in [3.8, 4) is 11.5 Å². The van der Waals surface area contributed by atoms with E-state index in [9.17, 15) is 55.6 Å². The number of ketones is 2. The fourth-order valence-corrected chi connectivity index (χ4v) is 12.9. The molecule has 0 amide bonds. The van der Waals surface area contributed by atoms with Crippen LogP contribution >= 0.6 is 0 Å². The van der Waals surface area contributed by atoms with Crippen LogP contribution in [-0.4, -0.2) is 58.8 Å². The maximum Gasteiger partial charge on any atom is 0.337 e. The van der Waals surface area contributed by atoms with Gasteiger partial charge >= 0.3 is 5.97 Å². The van der Waals surface area contributed by atoms with E-state index < -0.39 is 63.6 Å². The topological polar surface area (TPSA) is 245 Å². The average molecular weight is 1210 g/mol. The van der Waals surface area contributed by atoms with E-state index in [4.69, 9.17) is 0 Å². The van der Waals surface area contributed by atoms with E-state index in [0.29, 0.717) is 61.9 Å². The second kappa shape index (κ2) is 23.6. The second-order valence-corrected chi connectivity index (χ2v) is 29.9. The minimum absolute atomic E-state index is 0.00339. The van der Waals surface area contributed by atoms with Gasteiger partial charge in [-0.2, -0.15) is 16.8 Å². The monoisotopic (exact) mass is 1210 g/mol. The van der Waals surface area contributed by atoms with Crippen molar-refractivity contribution < 1.29 is 55.6 Å². The summed E-state index contributed by atoms with van der Waals surface area (Å²) in [6.07, 6.45) is 0.0827. The lowest BCUT2D eigenvalue weighted by molar-refractivity contribution is 0.0697. The second-order valence-electron chi connectivity index (χ2n) is 27.1. The Morgan fingerprint density at radius 2 is 0.872 bits per heavy atom. The van der Waals surface area contributed by atoms with Gasteiger partial charge in [0, 0.05) is 69.2 Å². The number of benzene rings is 7. The van der Waals surface area contributed by atoms with Gasteiger partial charge < -0.3 is 26.0 Å². The van der Waals surface area contributed by atoms with Crippen molar-refractivity contribution in [3.63, 3.8) is 0 Å². The van der Waals surface area contributed by atoms with Crippen molar-refractivity contribution in [2.75, 3.05) is 10.6 Å². The van der Waals surface area contributed by atoms with Crippen LogP contribution in [0.5, 0.6) is 11.5 Å². The first kappa shape index (κ1) is 65.9. The van der Waals surface area contributed by atoms with Crippen molar-refractivity contribution in [2.45, 2.75) is 175 Å². The third-order valence-electron chi connectivity index (χ3n) is 16.3. The molecule has 16 heteroatoms. The number of aromatic carboxylic acids is 1. The third-order valence-corrected chi connectivity index (χ3v) is 18.0. The first-order valence-corrected chi connectivity index (χ1v) is 31.4. The van der Waals surface area contributed by atoms with Crippen LogP contribution in [0.15, 0.2) is 107 Å². The molecule has 456 valence electrons. The predicted octanol–water partition coefficient (Wildman–Crippen LogP) is 15.8. The molecule has 14 nitrogen and oxygen atoms in total. The minimum Gasteiger partial charge on any atom is -0.507 e. The maximum absolute atomic E-state index is 14.4. The molecule has 0 fully saturated rings. The molecule has 86 heavy (non-hydrogen) atoms. The van der Waals surface area contributed by atoms with E-state index in [1.807, 2.05) is 137 Å². The van der Waals surface area contributed by atoms with Gasteiger partial charge in [-0.1, -0.05) is 119 Å². The number of hydrogen-bond donors (Lipinski definition) is 7. The van der Waals surface area contributed by atoms with Crippen LogP contribution in [0.2, 0.25) is 0 Å². The third kappa shape index (κ3) is 13.9. The normalized spacial score (nSPS) is 12.9. The summed E-state index contributed by atoms with van der Waals surface area (Å²) in [5.74, 6) is -2.48. The first-order chi connectivity index (χ1) is 39.4. The smallest absolute Gasteiger partial charge is 0.337 e. The molecule has 7 aromatic rings. The Kier molecular flexibility index (Phi) is 18.1. The number of anilines is 4. The Morgan fingerprint density at radius 3 is 1.24 bits per heavy atom. The standard InChI is InChI=1S/C70H82N2O12S2/c1-37-27-39(3)62(41(5)50(37)35-58(73)45-30-53(67(7,8)9)64(75)54(31-45)68(10,11)12)71-47-22-19-43(20-23-47)61(49-25-24-48(85(79,80)81)34-60(49)86(82,83)84)44-21-26-57(52(29-44)66(77)78)72-63-40(4)28-38(2)51(42(63)6)36-59(74)46-32-55(69(13,14)15)65(76)56(33-46)70(16,17)18/h19-34,61,71-72,75-76H,35-36H2,1-18H3,(H,77,78)(H,79,80,81)(H,82,83,84). The molecule has 0 aliphatic rings. The van der Waals surface area contributed by atoms with Crippen molar-refractivity contribution in [3.05, 3.63) is 197 Å². The van der Waals surface area contributed by atoms with Gasteiger partial charge in [0.15, 0.2) is 11.6 Å². The first-order valence-electron chi connectivity index (χ1n) is 28.5. The fraction of sp³-hybridized carbons (Fsp3) is 0.357. The number of carbonyl (C=O) groups excluding carboxylic acids is 2. The van der Waals surface area contributed by atoms with Crippen LogP contribution in [0.1, 0.15) is 204 Å². The fourth-order valence-electron chi connectivity index (χ4n) is 11.5. The molecule has 7 N–H and O–H groups in total. The van der Waals surface area contributed by atoms with Gasteiger partial charge in [-0.15, -0.1) is 0 Å². The zero-order valence-corrected chi connectivity index (χ0v) is 54.3. The predicted molar refractivity (Wildman–Crippen MR) is 342 cm³/mol. The van der Waals surface area contributed by atoms with Crippen molar-refractivity contribution >= 4 is 60.5 Å². The number of carboxylic acids is 1. The van der Waals surface area contributed by atoms with E-state index in [0.717, 1.165) is 56.8 Å². The number of phenols is 2. The molecule has 7 aromatic carbocycles. The summed E-state index contributed by atoms with van der Waals surface area (Å²) in [5.41, 5.74) is 10.6. The maximum atomic E-state index is 14.4. The van der Waals surface area contributed by atoms with E-state index in [1.54, 1.807) is 54.6 Å². The lowest BCUT2D eigenvalue weighted by atomic mass is 9.77. The van der Waals surface area contributed by atoms with Crippen LogP contribution in [0.25, 0.3) is 0 Å². The number of rotatable bonds is 16. The van der Waals surface area contributed by atoms with E-state index >= 15 is 0 Å². The van der Waals surface area contributed by atoms with Gasteiger partial charge in [0.05, 0.1) is 21.0 Å². The summed E-state index contributed by atoms with van der Waals surface area (Å²) in [6, 6.07) is 25.1. The highest BCUT2D eigenvalue weighted by molar-refractivity contribution is 7.86. The van der Waals surface area contributed by atoms with Crippen LogP contribution in [-0.2, 0) is 54.7 Å². The molecule has 7 rings (SSSR count). The van der Waals surface area contributed by atoms with Crippen molar-refractivity contribution in [1.29, 1.82) is 0 Å². The molecule has 0 saturated carbocycles. The number of hydrogen-bond acceptors (Lipinski definition) is 11. The van der Waals surface area contributed by atoms with Crippen molar-refractivity contribution in [1.82, 2.24) is 0 Å². The SMILES string of the molecule is Cc1cc(C)c(Nc2ccc(C(c3ccc(Nc4c(C)cc(C)c(CC(=O)c5cc(C(C)(C)C)c(O)c(C(C)(C)C)c5)c4C)c(C(=O)O)c3)c3ccc(S(=O)(=O)O)cc3S(=O)(=O)O)cc2)c(C)c1CC(=O)c1cc(C(C)(C)C)c(O)c(C(C)(C)C)c1. The van der Waals surface area contributed by atoms with Crippen LogP contribution < -0.4 is 10.6 Å². The van der Waals surface area contributed by atoms with Gasteiger partial charge in [0.2, 0.25) is 0 Å². The molecule has 1 atom stereocenters. The van der Waals surface area contributed by atoms with Crippen LogP contribution in [0.4, 0.5) is 22.7 Å². The lowest BCUT2D eigenvalue weighted by Gasteiger charge is -2.28. The Labute approximate surface area is 507 Å². The van der Waals surface area contributed by atoms with E-state index in [1.165, 1.54) is 12.1 Å². The van der Waals surface area contributed by atoms with Gasteiger partial charge in [-0.25, -0.2) is 4.79 Å². The number of aryl methyl sites for hydroxylation is 4. The van der Waals surface area contributed by atoms with Gasteiger partial charge in [0.25, 0.3) is 20.2 Å².